The zero-order valence-electron chi connectivity index (χ0n) is 17.0. The van der Waals surface area contributed by atoms with Crippen LogP contribution >= 0.6 is 11.8 Å². The number of rotatable bonds is 8. The highest BCUT2D eigenvalue weighted by Gasteiger charge is 2.18. The fraction of sp³-hybridized carbons (Fsp3) is 0.333. The quantitative estimate of drug-likeness (QED) is 0.689. The molecule has 1 unspecified atom stereocenters. The molecule has 2 rings (SSSR count). The summed E-state index contributed by atoms with van der Waals surface area (Å²) >= 11 is 1.26. The van der Waals surface area contributed by atoms with Crippen LogP contribution in [0.1, 0.15) is 24.1 Å². The predicted octanol–water partition coefficient (Wildman–Crippen LogP) is 3.29. The van der Waals surface area contributed by atoms with Gasteiger partial charge in [0.15, 0.2) is 9.84 Å². The second-order valence-corrected chi connectivity index (χ2v) is 9.93. The number of carbonyl (C=O) groups is 2. The summed E-state index contributed by atoms with van der Waals surface area (Å²) in [4.78, 5) is 26.3. The van der Waals surface area contributed by atoms with Crippen LogP contribution in [-0.2, 0) is 19.4 Å². The lowest BCUT2D eigenvalue weighted by atomic mass is 10.1. The van der Waals surface area contributed by atoms with Gasteiger partial charge in [-0.15, -0.1) is 11.8 Å². The fourth-order valence-electron chi connectivity index (χ4n) is 2.69. The zero-order valence-corrected chi connectivity index (χ0v) is 18.6. The monoisotopic (exact) mass is 434 g/mol. The van der Waals surface area contributed by atoms with Crippen molar-refractivity contribution in [1.29, 1.82) is 0 Å². The zero-order chi connectivity index (χ0) is 21.6. The number of aryl methyl sites for hydroxylation is 1. The van der Waals surface area contributed by atoms with Gasteiger partial charge in [0.1, 0.15) is 0 Å². The summed E-state index contributed by atoms with van der Waals surface area (Å²) in [5.41, 5.74) is 2.64. The average Bonchev–Trinajstić information content (AvgIpc) is 2.66. The summed E-state index contributed by atoms with van der Waals surface area (Å²) in [7, 11) is -1.55. The number of amides is 2. The van der Waals surface area contributed by atoms with Crippen LogP contribution in [0.4, 0.5) is 5.69 Å². The Morgan fingerprint density at radius 1 is 1.10 bits per heavy atom. The molecular formula is C21H26N2O4S2. The molecule has 2 aromatic carbocycles. The van der Waals surface area contributed by atoms with Crippen molar-refractivity contribution in [3.05, 3.63) is 59.7 Å². The van der Waals surface area contributed by atoms with E-state index in [-0.39, 0.29) is 34.3 Å². The van der Waals surface area contributed by atoms with Crippen molar-refractivity contribution in [2.45, 2.75) is 24.8 Å². The van der Waals surface area contributed by atoms with E-state index < -0.39 is 9.84 Å². The van der Waals surface area contributed by atoms with E-state index in [1.165, 1.54) is 11.8 Å². The lowest BCUT2D eigenvalue weighted by Gasteiger charge is -2.25. The summed E-state index contributed by atoms with van der Waals surface area (Å²) < 4.78 is 23.1. The number of hydrogen-bond acceptors (Lipinski definition) is 5. The van der Waals surface area contributed by atoms with Gasteiger partial charge >= 0.3 is 0 Å². The maximum atomic E-state index is 12.4. The van der Waals surface area contributed by atoms with Crippen LogP contribution < -0.4 is 5.32 Å². The number of hydrogen-bond donors (Lipinski definition) is 1. The van der Waals surface area contributed by atoms with Crippen LogP contribution in [0.2, 0.25) is 0 Å². The van der Waals surface area contributed by atoms with Crippen molar-refractivity contribution in [2.24, 2.45) is 0 Å². The first-order chi connectivity index (χ1) is 13.6. The standard InChI is InChI=1S/C21H26N2O4S2/c1-15-6-5-7-18(12-15)22-20(24)13-28-14-21(25)23(3)16(2)17-8-10-19(11-9-17)29(4,26)27/h5-12,16H,13-14H2,1-4H3,(H,22,24). The van der Waals surface area contributed by atoms with Crippen molar-refractivity contribution in [1.82, 2.24) is 4.90 Å². The lowest BCUT2D eigenvalue weighted by Crippen LogP contribution is -2.31. The number of carbonyl (C=O) groups excluding carboxylic acids is 2. The molecule has 2 aromatic rings. The summed E-state index contributed by atoms with van der Waals surface area (Å²) in [5.74, 6) is 0.118. The minimum atomic E-state index is -3.25. The van der Waals surface area contributed by atoms with Crippen molar-refractivity contribution in [3.8, 4) is 0 Å². The summed E-state index contributed by atoms with van der Waals surface area (Å²) in [6, 6.07) is 13.9. The van der Waals surface area contributed by atoms with Crippen molar-refractivity contribution in [3.63, 3.8) is 0 Å². The number of nitrogens with one attached hydrogen (secondary N) is 1. The van der Waals surface area contributed by atoms with Crippen LogP contribution in [0.25, 0.3) is 0 Å². The lowest BCUT2D eigenvalue weighted by molar-refractivity contribution is -0.128. The average molecular weight is 435 g/mol. The predicted molar refractivity (Wildman–Crippen MR) is 118 cm³/mol. The molecule has 0 bridgehead atoms. The van der Waals surface area contributed by atoms with Gasteiger partial charge in [-0.1, -0.05) is 24.3 Å². The Labute approximate surface area is 176 Å². The van der Waals surface area contributed by atoms with Gasteiger partial charge < -0.3 is 10.2 Å². The maximum Gasteiger partial charge on any atom is 0.234 e. The Morgan fingerprint density at radius 2 is 1.76 bits per heavy atom. The molecular weight excluding hydrogens is 408 g/mol. The largest absolute Gasteiger partial charge is 0.338 e. The summed E-state index contributed by atoms with van der Waals surface area (Å²) in [6.07, 6.45) is 1.16. The third kappa shape index (κ3) is 6.90. The fourth-order valence-corrected chi connectivity index (χ4v) is 4.05. The van der Waals surface area contributed by atoms with Crippen molar-refractivity contribution < 1.29 is 18.0 Å². The highest BCUT2D eigenvalue weighted by atomic mass is 32.2. The number of benzene rings is 2. The number of sulfone groups is 1. The smallest absolute Gasteiger partial charge is 0.234 e. The van der Waals surface area contributed by atoms with E-state index >= 15 is 0 Å². The summed E-state index contributed by atoms with van der Waals surface area (Å²) in [6.45, 7) is 3.83. The molecule has 0 aromatic heterocycles. The molecule has 0 saturated carbocycles. The van der Waals surface area contributed by atoms with E-state index in [1.54, 1.807) is 36.2 Å². The van der Waals surface area contributed by atoms with Crippen LogP contribution in [-0.4, -0.2) is 49.9 Å². The third-order valence-electron chi connectivity index (χ3n) is 4.53. The van der Waals surface area contributed by atoms with Gasteiger partial charge in [-0.25, -0.2) is 8.42 Å². The minimum absolute atomic E-state index is 0.0990. The molecule has 0 fully saturated rings. The molecule has 0 radical (unpaired) electrons. The van der Waals surface area contributed by atoms with E-state index in [1.807, 2.05) is 38.1 Å². The molecule has 156 valence electrons. The number of anilines is 1. The Morgan fingerprint density at radius 3 is 2.34 bits per heavy atom. The van der Waals surface area contributed by atoms with Gasteiger partial charge in [0.2, 0.25) is 11.8 Å². The van der Waals surface area contributed by atoms with Gasteiger partial charge in [-0.3, -0.25) is 9.59 Å². The number of nitrogens with zero attached hydrogens (tertiary/aromatic N) is 1. The maximum absolute atomic E-state index is 12.4. The normalized spacial score (nSPS) is 12.3. The van der Waals surface area contributed by atoms with E-state index in [0.717, 1.165) is 23.1 Å². The molecule has 2 amide bonds. The molecule has 29 heavy (non-hydrogen) atoms. The first kappa shape index (κ1) is 23.0. The highest BCUT2D eigenvalue weighted by molar-refractivity contribution is 8.00. The van der Waals surface area contributed by atoms with Crippen LogP contribution in [0.3, 0.4) is 0 Å². The molecule has 0 aliphatic rings. The van der Waals surface area contributed by atoms with Gasteiger partial charge in [0.05, 0.1) is 22.4 Å². The van der Waals surface area contributed by atoms with E-state index in [2.05, 4.69) is 5.32 Å². The first-order valence-electron chi connectivity index (χ1n) is 9.08. The second kappa shape index (κ2) is 9.93. The van der Waals surface area contributed by atoms with Gasteiger partial charge in [0, 0.05) is 19.0 Å². The van der Waals surface area contributed by atoms with Gasteiger partial charge in [-0.05, 0) is 49.2 Å². The van der Waals surface area contributed by atoms with Gasteiger partial charge in [-0.2, -0.15) is 0 Å². The molecule has 1 atom stereocenters. The van der Waals surface area contributed by atoms with E-state index in [0.29, 0.717) is 0 Å². The minimum Gasteiger partial charge on any atom is -0.338 e. The Hall–Kier alpha value is -2.32. The SMILES string of the molecule is Cc1cccc(NC(=O)CSCC(=O)N(C)C(C)c2ccc(S(C)(=O)=O)cc2)c1. The van der Waals surface area contributed by atoms with Crippen LogP contribution in [0.15, 0.2) is 53.4 Å². The van der Waals surface area contributed by atoms with Crippen molar-refractivity contribution in [2.75, 3.05) is 30.1 Å². The molecule has 6 nitrogen and oxygen atoms in total. The molecule has 8 heteroatoms. The van der Waals surface area contributed by atoms with E-state index in [4.69, 9.17) is 0 Å². The molecule has 0 spiro atoms. The highest BCUT2D eigenvalue weighted by Crippen LogP contribution is 2.21. The van der Waals surface area contributed by atoms with Crippen LogP contribution in [0.5, 0.6) is 0 Å². The molecule has 0 aliphatic heterocycles. The third-order valence-corrected chi connectivity index (χ3v) is 6.57. The first-order valence-corrected chi connectivity index (χ1v) is 12.1. The molecule has 1 N–H and O–H groups in total. The van der Waals surface area contributed by atoms with E-state index in [9.17, 15) is 18.0 Å². The van der Waals surface area contributed by atoms with Crippen molar-refractivity contribution >= 4 is 39.1 Å². The Balaban J connectivity index is 1.84. The molecule has 0 aliphatic carbocycles. The topological polar surface area (TPSA) is 83.6 Å². The molecule has 0 saturated heterocycles. The van der Waals surface area contributed by atoms with Crippen LogP contribution in [0, 0.1) is 6.92 Å². The second-order valence-electron chi connectivity index (χ2n) is 6.93. The number of thioether (sulfide) groups is 1. The van der Waals surface area contributed by atoms with Gasteiger partial charge in [0.25, 0.3) is 0 Å². The Bertz CT molecular complexity index is 972. The molecule has 0 heterocycles. The Kier molecular flexibility index (Phi) is 7.87. The summed E-state index contributed by atoms with van der Waals surface area (Å²) in [5, 5.41) is 2.82.